The van der Waals surface area contributed by atoms with Gasteiger partial charge >= 0.3 is 0 Å². The number of fused-ring (bicyclic) bond motifs is 1. The van der Waals surface area contributed by atoms with E-state index in [1.165, 1.54) is 0 Å². The van der Waals surface area contributed by atoms with E-state index in [0.717, 1.165) is 83.7 Å². The van der Waals surface area contributed by atoms with Crippen LogP contribution in [0.5, 0.6) is 5.75 Å². The van der Waals surface area contributed by atoms with E-state index in [-0.39, 0.29) is 31.9 Å². The van der Waals surface area contributed by atoms with Crippen LogP contribution in [0.1, 0.15) is 58.7 Å². The van der Waals surface area contributed by atoms with Gasteiger partial charge in [0.2, 0.25) is 0 Å². The summed E-state index contributed by atoms with van der Waals surface area (Å²) in [4.78, 5) is 20.5. The summed E-state index contributed by atoms with van der Waals surface area (Å²) in [5.74, 6) is -0.869. The number of carbonyl (C=O) groups is 1. The summed E-state index contributed by atoms with van der Waals surface area (Å²) in [6.07, 6.45) is 4.89. The van der Waals surface area contributed by atoms with Gasteiger partial charge in [-0.2, -0.15) is 0 Å². The van der Waals surface area contributed by atoms with Gasteiger partial charge in [-0.1, -0.05) is 36.9 Å². The molecule has 0 radical (unpaired) electrons. The van der Waals surface area contributed by atoms with Gasteiger partial charge in [-0.05, 0) is 74.2 Å². The van der Waals surface area contributed by atoms with Crippen molar-refractivity contribution in [3.8, 4) is 16.9 Å². The van der Waals surface area contributed by atoms with Crippen molar-refractivity contribution in [1.82, 2.24) is 9.88 Å². The molecule has 0 bridgehead atoms. The van der Waals surface area contributed by atoms with E-state index in [9.17, 15) is 13.6 Å². The molecule has 0 spiro atoms. The van der Waals surface area contributed by atoms with Crippen LogP contribution in [0.2, 0.25) is 5.02 Å². The van der Waals surface area contributed by atoms with Crippen LogP contribution in [0.3, 0.4) is 0 Å². The molecule has 8 heteroatoms. The average molecular weight is 555 g/mol. The van der Waals surface area contributed by atoms with E-state index in [1.54, 1.807) is 7.11 Å². The lowest BCUT2D eigenvalue weighted by molar-refractivity contribution is 0.0618. The summed E-state index contributed by atoms with van der Waals surface area (Å²) < 4.78 is 34.9. The van der Waals surface area contributed by atoms with Crippen molar-refractivity contribution < 1.29 is 18.3 Å². The summed E-state index contributed by atoms with van der Waals surface area (Å²) in [5, 5.41) is -0.0668. The van der Waals surface area contributed by atoms with Crippen molar-refractivity contribution >= 4 is 38.9 Å². The summed E-state index contributed by atoms with van der Waals surface area (Å²) in [5.41, 5.74) is 4.73. The van der Waals surface area contributed by atoms with Crippen molar-refractivity contribution in [2.45, 2.75) is 58.5 Å². The second kappa shape index (κ2) is 11.0. The first-order valence-corrected chi connectivity index (χ1v) is 14.0. The Morgan fingerprint density at radius 3 is 2.37 bits per heavy atom. The number of amides is 1. The third-order valence-electron chi connectivity index (χ3n) is 7.19. The Kier molecular flexibility index (Phi) is 7.68. The van der Waals surface area contributed by atoms with Crippen LogP contribution in [0.15, 0.2) is 42.5 Å². The molecule has 0 saturated heterocycles. The van der Waals surface area contributed by atoms with Crippen molar-refractivity contribution in [3.05, 3.63) is 81.0 Å². The molecule has 1 aliphatic rings. The Morgan fingerprint density at radius 1 is 1.03 bits per heavy atom. The molecule has 2 aromatic carbocycles. The van der Waals surface area contributed by atoms with Gasteiger partial charge in [-0.3, -0.25) is 9.78 Å². The molecule has 1 fully saturated rings. The number of aryl methyl sites for hydroxylation is 2. The minimum Gasteiger partial charge on any atom is -0.496 e. The second-order valence-electron chi connectivity index (χ2n) is 9.87. The van der Waals surface area contributed by atoms with Crippen molar-refractivity contribution in [3.63, 3.8) is 0 Å². The maximum Gasteiger partial charge on any atom is 0.266 e. The average Bonchev–Trinajstić information content (AvgIpc) is 3.27. The predicted molar refractivity (Wildman–Crippen MR) is 149 cm³/mol. The Morgan fingerprint density at radius 2 is 1.71 bits per heavy atom. The van der Waals surface area contributed by atoms with Gasteiger partial charge in [0.1, 0.15) is 22.3 Å². The Hall–Kier alpha value is -3.03. The predicted octanol–water partition coefficient (Wildman–Crippen LogP) is 8.50. The quantitative estimate of drug-likeness (QED) is 0.240. The van der Waals surface area contributed by atoms with Gasteiger partial charge in [-0.25, -0.2) is 8.78 Å². The zero-order valence-electron chi connectivity index (χ0n) is 21.6. The topological polar surface area (TPSA) is 42.4 Å². The van der Waals surface area contributed by atoms with E-state index in [2.05, 4.69) is 4.98 Å². The lowest BCUT2D eigenvalue weighted by Gasteiger charge is -2.34. The lowest BCUT2D eigenvalue weighted by atomic mass is 9.93. The molecular formula is C30H29ClF2N2O2S. The van der Waals surface area contributed by atoms with E-state index in [1.807, 2.05) is 49.1 Å². The smallest absolute Gasteiger partial charge is 0.266 e. The fraction of sp³-hybridized carbons (Fsp3) is 0.333. The first-order valence-electron chi connectivity index (χ1n) is 12.8. The highest BCUT2D eigenvalue weighted by atomic mass is 35.5. The van der Waals surface area contributed by atoms with Crippen LogP contribution in [-0.2, 0) is 6.54 Å². The van der Waals surface area contributed by atoms with E-state index < -0.39 is 11.6 Å². The molecule has 2 aromatic heterocycles. The van der Waals surface area contributed by atoms with Gasteiger partial charge in [-0.15, -0.1) is 11.3 Å². The van der Waals surface area contributed by atoms with Gasteiger partial charge in [0.15, 0.2) is 0 Å². The van der Waals surface area contributed by atoms with Crippen LogP contribution < -0.4 is 4.74 Å². The molecule has 0 N–H and O–H groups in total. The maximum absolute atomic E-state index is 14.6. The highest BCUT2D eigenvalue weighted by Crippen LogP contribution is 2.40. The number of aromatic nitrogens is 1. The molecule has 198 valence electrons. The number of carbonyl (C=O) groups excluding carboxylic acids is 1. The zero-order valence-corrected chi connectivity index (χ0v) is 23.2. The number of halogens is 3. The first kappa shape index (κ1) is 26.6. The number of hydrogen-bond acceptors (Lipinski definition) is 4. The third kappa shape index (κ3) is 5.14. The van der Waals surface area contributed by atoms with Crippen LogP contribution in [0.25, 0.3) is 21.2 Å². The summed E-state index contributed by atoms with van der Waals surface area (Å²) in [6, 6.07) is 12.1. The van der Waals surface area contributed by atoms with Gasteiger partial charge in [0, 0.05) is 29.5 Å². The van der Waals surface area contributed by atoms with Gasteiger partial charge in [0.05, 0.1) is 22.2 Å². The van der Waals surface area contributed by atoms with E-state index in [0.29, 0.717) is 12.3 Å². The number of pyridine rings is 1. The molecule has 1 amide bonds. The number of thiophene rings is 1. The van der Waals surface area contributed by atoms with Crippen molar-refractivity contribution in [1.29, 1.82) is 0 Å². The van der Waals surface area contributed by atoms with Gasteiger partial charge < -0.3 is 9.64 Å². The normalized spacial score (nSPS) is 14.2. The zero-order chi connectivity index (χ0) is 27.0. The molecule has 38 heavy (non-hydrogen) atoms. The fourth-order valence-electron chi connectivity index (χ4n) is 5.39. The molecule has 2 heterocycles. The van der Waals surface area contributed by atoms with Crippen molar-refractivity contribution in [2.75, 3.05) is 7.11 Å². The van der Waals surface area contributed by atoms with Crippen LogP contribution in [-0.4, -0.2) is 28.9 Å². The second-order valence-corrected chi connectivity index (χ2v) is 11.3. The molecule has 0 unspecified atom stereocenters. The highest BCUT2D eigenvalue weighted by Gasteiger charge is 2.31. The number of hydrogen-bond donors (Lipinski definition) is 0. The molecule has 0 atom stereocenters. The van der Waals surface area contributed by atoms with Crippen LogP contribution in [0.4, 0.5) is 8.78 Å². The minimum atomic E-state index is -0.636. The van der Waals surface area contributed by atoms with Crippen LogP contribution in [0, 0.1) is 25.5 Å². The molecular weight excluding hydrogens is 526 g/mol. The van der Waals surface area contributed by atoms with E-state index in [4.69, 9.17) is 16.3 Å². The first-order chi connectivity index (χ1) is 18.3. The Balaban J connectivity index is 1.57. The number of nitrogens with zero attached hydrogens (tertiary/aromatic N) is 2. The summed E-state index contributed by atoms with van der Waals surface area (Å²) in [6.45, 7) is 4.22. The van der Waals surface area contributed by atoms with Crippen LogP contribution >= 0.6 is 22.9 Å². The lowest BCUT2D eigenvalue weighted by Crippen LogP contribution is -2.40. The molecule has 5 rings (SSSR count). The fourth-order valence-corrected chi connectivity index (χ4v) is 6.90. The highest BCUT2D eigenvalue weighted by molar-refractivity contribution is 7.21. The monoisotopic (exact) mass is 554 g/mol. The number of ether oxygens (including phenoxy) is 1. The minimum absolute atomic E-state index is 0.00833. The van der Waals surface area contributed by atoms with Crippen molar-refractivity contribution in [2.24, 2.45) is 0 Å². The third-order valence-corrected chi connectivity index (χ3v) is 8.86. The molecule has 0 aliphatic heterocycles. The molecule has 1 saturated carbocycles. The summed E-state index contributed by atoms with van der Waals surface area (Å²) in [7, 11) is 1.61. The largest absolute Gasteiger partial charge is 0.496 e. The maximum atomic E-state index is 14.6. The Bertz CT molecular complexity index is 1490. The van der Waals surface area contributed by atoms with E-state index >= 15 is 0 Å². The van der Waals surface area contributed by atoms with Gasteiger partial charge in [0.25, 0.3) is 5.91 Å². The molecule has 4 aromatic rings. The number of benzene rings is 2. The number of rotatable bonds is 6. The standard InChI is InChI=1S/C30H29ClF2N2O2S/c1-17-13-20(14-18(2)34-17)19-9-12-25(37-3)21(15-19)16-35(22-7-5-4-6-8-22)30(36)29-27(31)26-23(32)10-11-24(33)28(26)38-29/h9-15,22H,4-8,16H2,1-3H3. The molecule has 1 aliphatic carbocycles. The Labute approximate surface area is 230 Å². The summed E-state index contributed by atoms with van der Waals surface area (Å²) >= 11 is 7.45. The number of methoxy groups -OCH3 is 1. The molecule has 4 nitrogen and oxygen atoms in total. The SMILES string of the molecule is COc1ccc(-c2cc(C)nc(C)c2)cc1CN(C(=O)c1sc2c(F)ccc(F)c2c1Cl)C1CCCCC1.